The zero-order valence-corrected chi connectivity index (χ0v) is 14.1. The fourth-order valence-corrected chi connectivity index (χ4v) is 3.12. The summed E-state index contributed by atoms with van der Waals surface area (Å²) in [6.45, 7) is 0. The van der Waals surface area contributed by atoms with Crippen molar-refractivity contribution in [2.24, 2.45) is 11.5 Å². The third-order valence-electron chi connectivity index (χ3n) is 3.72. The Morgan fingerprint density at radius 2 is 1.96 bits per heavy atom. The molecule has 3 aromatic rings. The predicted molar refractivity (Wildman–Crippen MR) is 97.0 cm³/mol. The highest BCUT2D eigenvalue weighted by atomic mass is 79.9. The summed E-state index contributed by atoms with van der Waals surface area (Å²) < 4.78 is 0.485. The maximum atomic E-state index is 11.2. The summed E-state index contributed by atoms with van der Waals surface area (Å²) in [7, 11) is 0. The van der Waals surface area contributed by atoms with Crippen LogP contribution in [-0.4, -0.2) is 21.8 Å². The summed E-state index contributed by atoms with van der Waals surface area (Å²) >= 11 is 3.30. The van der Waals surface area contributed by atoms with Crippen molar-refractivity contribution in [3.63, 3.8) is 0 Å². The van der Waals surface area contributed by atoms with Gasteiger partial charge in [-0.3, -0.25) is 10.2 Å². The number of rotatable bonds is 4. The number of fused-ring (bicyclic) bond motifs is 1. The minimum Gasteiger partial charge on any atom is -0.506 e. The number of hydrogen-bond acceptors (Lipinski definition) is 3. The van der Waals surface area contributed by atoms with Gasteiger partial charge in [-0.25, -0.2) is 0 Å². The quantitative estimate of drug-likeness (QED) is 0.349. The summed E-state index contributed by atoms with van der Waals surface area (Å²) in [6.07, 6.45) is 0.0839. The highest BCUT2D eigenvalue weighted by molar-refractivity contribution is 9.10. The highest BCUT2D eigenvalue weighted by Gasteiger charge is 2.14. The van der Waals surface area contributed by atoms with E-state index < -0.39 is 5.91 Å². The molecule has 1 heterocycles. The molecule has 2 aromatic carbocycles. The van der Waals surface area contributed by atoms with Crippen molar-refractivity contribution < 1.29 is 9.90 Å². The molecule has 0 aliphatic rings. The molecule has 0 radical (unpaired) electrons. The van der Waals surface area contributed by atoms with Crippen molar-refractivity contribution in [1.82, 2.24) is 4.98 Å². The van der Waals surface area contributed by atoms with E-state index in [0.717, 1.165) is 10.9 Å². The molecule has 0 saturated heterocycles. The van der Waals surface area contributed by atoms with Gasteiger partial charge in [0, 0.05) is 22.0 Å². The molecule has 0 saturated carbocycles. The second-order valence-electron chi connectivity index (χ2n) is 5.52. The van der Waals surface area contributed by atoms with E-state index in [1.165, 1.54) is 0 Å². The second-order valence-corrected chi connectivity index (χ2v) is 6.37. The number of H-pyrrole nitrogens is 1. The molecule has 1 amide bonds. The lowest BCUT2D eigenvalue weighted by molar-refractivity contribution is -0.117. The molecule has 3 rings (SSSR count). The van der Waals surface area contributed by atoms with Crippen LogP contribution in [0.15, 0.2) is 40.9 Å². The van der Waals surface area contributed by atoms with E-state index in [2.05, 4.69) is 20.9 Å². The molecule has 0 aliphatic carbocycles. The van der Waals surface area contributed by atoms with Crippen LogP contribution in [0.5, 0.6) is 5.75 Å². The number of amidine groups is 1. The molecule has 0 spiro atoms. The average molecular weight is 387 g/mol. The number of aromatic hydroxyl groups is 1. The second kappa shape index (κ2) is 6.01. The normalized spacial score (nSPS) is 10.9. The Kier molecular flexibility index (Phi) is 4.02. The van der Waals surface area contributed by atoms with Crippen LogP contribution in [-0.2, 0) is 11.2 Å². The first-order chi connectivity index (χ1) is 11.3. The maximum Gasteiger partial charge on any atom is 0.221 e. The Balaban J connectivity index is 2.14. The summed E-state index contributed by atoms with van der Waals surface area (Å²) in [6, 6.07) is 10.6. The third-order valence-corrected chi connectivity index (χ3v) is 4.33. The summed E-state index contributed by atoms with van der Waals surface area (Å²) in [5.74, 6) is -0.378. The number of primary amides is 1. The van der Waals surface area contributed by atoms with Gasteiger partial charge in [0.05, 0.1) is 16.6 Å². The van der Waals surface area contributed by atoms with Crippen molar-refractivity contribution in [1.29, 1.82) is 5.41 Å². The number of halogens is 1. The van der Waals surface area contributed by atoms with Crippen LogP contribution in [0.1, 0.15) is 11.1 Å². The number of phenols is 1. The first-order valence-electron chi connectivity index (χ1n) is 7.12. The van der Waals surface area contributed by atoms with Gasteiger partial charge in [-0.2, -0.15) is 0 Å². The molecule has 7 heteroatoms. The van der Waals surface area contributed by atoms with Gasteiger partial charge in [-0.15, -0.1) is 0 Å². The predicted octanol–water partition coefficient (Wildman–Crippen LogP) is 2.61. The van der Waals surface area contributed by atoms with E-state index in [4.69, 9.17) is 16.9 Å². The van der Waals surface area contributed by atoms with Gasteiger partial charge < -0.3 is 21.6 Å². The number of aromatic nitrogens is 1. The van der Waals surface area contributed by atoms with Crippen LogP contribution in [0.25, 0.3) is 22.2 Å². The lowest BCUT2D eigenvalue weighted by Gasteiger charge is -2.08. The van der Waals surface area contributed by atoms with E-state index in [1.807, 2.05) is 12.1 Å². The van der Waals surface area contributed by atoms with Gasteiger partial charge in [0.2, 0.25) is 5.91 Å². The fourth-order valence-electron chi connectivity index (χ4n) is 2.61. The summed E-state index contributed by atoms with van der Waals surface area (Å²) in [5, 5.41) is 18.7. The van der Waals surface area contributed by atoms with Gasteiger partial charge in [0.1, 0.15) is 11.6 Å². The molecule has 122 valence electrons. The van der Waals surface area contributed by atoms with Gasteiger partial charge in [0.15, 0.2) is 0 Å². The van der Waals surface area contributed by atoms with Crippen LogP contribution in [0.2, 0.25) is 0 Å². The standard InChI is InChI=1S/C17H15BrN4O2/c18-12-4-8(5-15(19)23)3-11(16(12)24)14-7-10-6-9(17(20)21)1-2-13(10)22-14/h1-4,6-7,22,24H,5H2,(H2,19,23)(H3,20,21). The molecule has 6 nitrogen and oxygen atoms in total. The van der Waals surface area contributed by atoms with E-state index in [9.17, 15) is 9.90 Å². The number of carbonyl (C=O) groups excluding carboxylic acids is 1. The molecular weight excluding hydrogens is 372 g/mol. The number of phenolic OH excluding ortho intramolecular Hbond substituents is 1. The number of aromatic amines is 1. The van der Waals surface area contributed by atoms with Crippen LogP contribution < -0.4 is 11.5 Å². The fraction of sp³-hybridized carbons (Fsp3) is 0.0588. The van der Waals surface area contributed by atoms with Crippen LogP contribution in [0, 0.1) is 5.41 Å². The average Bonchev–Trinajstić information content (AvgIpc) is 2.92. The van der Waals surface area contributed by atoms with Gasteiger partial charge >= 0.3 is 0 Å². The lowest BCUT2D eigenvalue weighted by atomic mass is 10.0. The van der Waals surface area contributed by atoms with Crippen LogP contribution in [0.4, 0.5) is 0 Å². The third kappa shape index (κ3) is 2.98. The van der Waals surface area contributed by atoms with Gasteiger partial charge in [-0.05, 0) is 57.9 Å². The number of nitrogens with two attached hydrogens (primary N) is 2. The minimum absolute atomic E-state index is 0.00584. The maximum absolute atomic E-state index is 11.2. The molecule has 0 fully saturated rings. The van der Waals surface area contributed by atoms with E-state index in [1.54, 1.807) is 24.3 Å². The Morgan fingerprint density at radius 3 is 2.62 bits per heavy atom. The summed E-state index contributed by atoms with van der Waals surface area (Å²) in [4.78, 5) is 14.4. The largest absolute Gasteiger partial charge is 0.506 e. The van der Waals surface area contributed by atoms with E-state index in [0.29, 0.717) is 26.9 Å². The first-order valence-corrected chi connectivity index (χ1v) is 7.91. The van der Waals surface area contributed by atoms with Crippen LogP contribution in [0.3, 0.4) is 0 Å². The Hall–Kier alpha value is -2.80. The number of nitrogens with one attached hydrogen (secondary N) is 2. The molecule has 0 atom stereocenters. The van der Waals surface area contributed by atoms with Crippen molar-refractivity contribution in [3.05, 3.63) is 52.0 Å². The number of hydrogen-bond donors (Lipinski definition) is 5. The smallest absolute Gasteiger partial charge is 0.221 e. The Labute approximate surface area is 146 Å². The Bertz CT molecular complexity index is 978. The lowest BCUT2D eigenvalue weighted by Crippen LogP contribution is -2.13. The zero-order chi connectivity index (χ0) is 17.4. The molecule has 0 aliphatic heterocycles. The van der Waals surface area contributed by atoms with Gasteiger partial charge in [-0.1, -0.05) is 0 Å². The highest BCUT2D eigenvalue weighted by Crippen LogP contribution is 2.37. The number of amides is 1. The van der Waals surface area contributed by atoms with Crippen molar-refractivity contribution in [2.75, 3.05) is 0 Å². The SMILES string of the molecule is N=C(N)c1ccc2[nH]c(-c3cc(CC(N)=O)cc(Br)c3O)cc2c1. The summed E-state index contributed by atoms with van der Waals surface area (Å²) in [5.41, 5.74) is 14.2. The molecule has 7 N–H and O–H groups in total. The van der Waals surface area contributed by atoms with Crippen molar-refractivity contribution in [2.45, 2.75) is 6.42 Å². The topological polar surface area (TPSA) is 129 Å². The zero-order valence-electron chi connectivity index (χ0n) is 12.6. The molecular formula is C17H15BrN4O2. The van der Waals surface area contributed by atoms with Crippen LogP contribution >= 0.6 is 15.9 Å². The number of carbonyl (C=O) groups is 1. The minimum atomic E-state index is -0.443. The van der Waals surface area contributed by atoms with E-state index >= 15 is 0 Å². The van der Waals surface area contributed by atoms with Gasteiger partial charge in [0.25, 0.3) is 0 Å². The monoisotopic (exact) mass is 386 g/mol. The Morgan fingerprint density at radius 1 is 1.21 bits per heavy atom. The van der Waals surface area contributed by atoms with Crippen molar-refractivity contribution >= 4 is 38.6 Å². The molecule has 0 bridgehead atoms. The number of benzene rings is 2. The first kappa shape index (κ1) is 16.1. The van der Waals surface area contributed by atoms with Crippen molar-refractivity contribution in [3.8, 4) is 17.0 Å². The number of nitrogen functional groups attached to an aromatic ring is 1. The van der Waals surface area contributed by atoms with E-state index in [-0.39, 0.29) is 18.0 Å². The molecule has 24 heavy (non-hydrogen) atoms. The molecule has 0 unspecified atom stereocenters. The molecule has 1 aromatic heterocycles.